The van der Waals surface area contributed by atoms with Crippen LogP contribution in [0.4, 0.5) is 4.39 Å². The van der Waals surface area contributed by atoms with E-state index in [0.717, 1.165) is 30.4 Å². The van der Waals surface area contributed by atoms with Crippen molar-refractivity contribution in [1.29, 1.82) is 0 Å². The minimum absolute atomic E-state index is 0.106. The van der Waals surface area contributed by atoms with E-state index in [1.54, 1.807) is 16.4 Å². The fourth-order valence-corrected chi connectivity index (χ4v) is 6.45. The van der Waals surface area contributed by atoms with Crippen molar-refractivity contribution in [2.24, 2.45) is 0 Å². The van der Waals surface area contributed by atoms with Gasteiger partial charge in [-0.1, -0.05) is 30.3 Å². The maximum absolute atomic E-state index is 13.7. The summed E-state index contributed by atoms with van der Waals surface area (Å²) >= 11 is 0. The van der Waals surface area contributed by atoms with Crippen molar-refractivity contribution in [3.63, 3.8) is 0 Å². The van der Waals surface area contributed by atoms with Gasteiger partial charge in [-0.25, -0.2) is 12.8 Å². The van der Waals surface area contributed by atoms with E-state index in [2.05, 4.69) is 36.5 Å². The minimum atomic E-state index is -3.24. The average Bonchev–Trinajstić information content (AvgIpc) is 3.32. The topological polar surface area (TPSA) is 67.9 Å². The molecule has 0 amide bonds. The summed E-state index contributed by atoms with van der Waals surface area (Å²) in [6.45, 7) is 3.95. The van der Waals surface area contributed by atoms with E-state index in [1.165, 1.54) is 18.7 Å². The van der Waals surface area contributed by atoms with E-state index in [9.17, 15) is 12.8 Å². The summed E-state index contributed by atoms with van der Waals surface area (Å²) in [6.07, 6.45) is 3.77. The van der Waals surface area contributed by atoms with Crippen LogP contribution in [0.3, 0.4) is 0 Å². The number of halogens is 1. The first-order valence-corrected chi connectivity index (χ1v) is 13.7. The SMILES string of the molecule is COc1cc([C@@H](C)N[C@@H]2CCC(c3ccc(CCS(=O)(=O)N4CCOCC4)cc3)C2)ccc1F. The van der Waals surface area contributed by atoms with Crippen molar-refractivity contribution in [1.82, 2.24) is 9.62 Å². The van der Waals surface area contributed by atoms with Gasteiger partial charge < -0.3 is 14.8 Å². The van der Waals surface area contributed by atoms with Crippen LogP contribution < -0.4 is 10.1 Å². The van der Waals surface area contributed by atoms with Gasteiger partial charge in [-0.15, -0.1) is 0 Å². The highest BCUT2D eigenvalue weighted by Gasteiger charge is 2.27. The zero-order chi connectivity index (χ0) is 24.1. The van der Waals surface area contributed by atoms with E-state index in [4.69, 9.17) is 9.47 Å². The van der Waals surface area contributed by atoms with E-state index >= 15 is 0 Å². The highest BCUT2D eigenvalue weighted by atomic mass is 32.2. The molecular formula is C26H35FN2O4S. The van der Waals surface area contributed by atoms with Crippen molar-refractivity contribution in [3.05, 3.63) is 65.0 Å². The molecule has 2 aromatic carbocycles. The molecule has 1 unspecified atom stereocenters. The number of nitrogens with zero attached hydrogens (tertiary/aromatic N) is 1. The molecule has 3 atom stereocenters. The predicted molar refractivity (Wildman–Crippen MR) is 131 cm³/mol. The Kier molecular flexibility index (Phi) is 8.24. The highest BCUT2D eigenvalue weighted by molar-refractivity contribution is 7.89. The summed E-state index contributed by atoms with van der Waals surface area (Å²) < 4.78 is 50.7. The second-order valence-corrected chi connectivity index (χ2v) is 11.4. The number of rotatable bonds is 9. The number of morpholine rings is 1. The molecule has 0 bridgehead atoms. The first-order chi connectivity index (χ1) is 16.4. The maximum Gasteiger partial charge on any atom is 0.214 e. The summed E-state index contributed by atoms with van der Waals surface area (Å²) in [7, 11) is -1.76. The Morgan fingerprint density at radius 3 is 2.59 bits per heavy atom. The summed E-state index contributed by atoms with van der Waals surface area (Å²) in [6, 6.07) is 14.0. The minimum Gasteiger partial charge on any atom is -0.494 e. The van der Waals surface area contributed by atoms with E-state index < -0.39 is 10.0 Å². The summed E-state index contributed by atoms with van der Waals surface area (Å²) in [5.74, 6) is 0.543. The summed E-state index contributed by atoms with van der Waals surface area (Å²) in [5.41, 5.74) is 3.37. The number of sulfonamides is 1. The third-order valence-electron chi connectivity index (χ3n) is 7.06. The lowest BCUT2D eigenvalue weighted by Gasteiger charge is -2.26. The third-order valence-corrected chi connectivity index (χ3v) is 8.93. The molecule has 6 nitrogen and oxygen atoms in total. The quantitative estimate of drug-likeness (QED) is 0.575. The molecule has 34 heavy (non-hydrogen) atoms. The van der Waals surface area contributed by atoms with Crippen molar-refractivity contribution in [2.75, 3.05) is 39.2 Å². The molecule has 8 heteroatoms. The van der Waals surface area contributed by atoms with E-state index in [-0.39, 0.29) is 23.4 Å². The summed E-state index contributed by atoms with van der Waals surface area (Å²) in [4.78, 5) is 0. The molecule has 1 heterocycles. The average molecular weight is 491 g/mol. The van der Waals surface area contributed by atoms with Crippen LogP contribution >= 0.6 is 0 Å². The van der Waals surface area contributed by atoms with Crippen molar-refractivity contribution >= 4 is 10.0 Å². The van der Waals surface area contributed by atoms with Crippen LogP contribution in [0.15, 0.2) is 42.5 Å². The van der Waals surface area contributed by atoms with Gasteiger partial charge in [0.15, 0.2) is 11.6 Å². The molecular weight excluding hydrogens is 455 g/mol. The highest BCUT2D eigenvalue weighted by Crippen LogP contribution is 2.36. The van der Waals surface area contributed by atoms with Crippen molar-refractivity contribution in [3.8, 4) is 5.75 Å². The lowest BCUT2D eigenvalue weighted by Crippen LogP contribution is -2.42. The monoisotopic (exact) mass is 490 g/mol. The molecule has 0 radical (unpaired) electrons. The largest absolute Gasteiger partial charge is 0.494 e. The van der Waals surface area contributed by atoms with Gasteiger partial charge in [-0.3, -0.25) is 0 Å². The molecule has 2 aromatic rings. The molecule has 0 aromatic heterocycles. The van der Waals surface area contributed by atoms with Gasteiger partial charge in [-0.05, 0) is 67.3 Å². The maximum atomic E-state index is 13.7. The van der Waals surface area contributed by atoms with Gasteiger partial charge in [0.05, 0.1) is 26.1 Å². The molecule has 1 aliphatic carbocycles. The molecule has 1 aliphatic heterocycles. The zero-order valence-electron chi connectivity index (χ0n) is 20.0. The Morgan fingerprint density at radius 2 is 1.88 bits per heavy atom. The number of benzene rings is 2. The van der Waals surface area contributed by atoms with Gasteiger partial charge in [0.25, 0.3) is 0 Å². The number of hydrogen-bond donors (Lipinski definition) is 1. The van der Waals surface area contributed by atoms with Gasteiger partial charge >= 0.3 is 0 Å². The molecule has 2 aliphatic rings. The van der Waals surface area contributed by atoms with Crippen LogP contribution in [0.1, 0.15) is 54.8 Å². The number of aryl methyl sites for hydroxylation is 1. The van der Waals surface area contributed by atoms with Crippen LogP contribution in [0.2, 0.25) is 0 Å². The van der Waals surface area contributed by atoms with Crippen molar-refractivity contribution < 1.29 is 22.3 Å². The fourth-order valence-electron chi connectivity index (χ4n) is 4.99. The van der Waals surface area contributed by atoms with Gasteiger partial charge in [0, 0.05) is 25.2 Å². The van der Waals surface area contributed by atoms with Gasteiger partial charge in [-0.2, -0.15) is 4.31 Å². The fraction of sp³-hybridized carbons (Fsp3) is 0.538. The Balaban J connectivity index is 1.28. The Hall–Kier alpha value is -2.00. The number of methoxy groups -OCH3 is 1. The molecule has 2 fully saturated rings. The molecule has 1 saturated heterocycles. The lowest BCUT2D eigenvalue weighted by molar-refractivity contribution is 0.0730. The predicted octanol–water partition coefficient (Wildman–Crippen LogP) is 4.03. The third kappa shape index (κ3) is 6.16. The molecule has 4 rings (SSSR count). The zero-order valence-corrected chi connectivity index (χ0v) is 20.8. The second kappa shape index (κ2) is 11.2. The van der Waals surface area contributed by atoms with Crippen LogP contribution in [0.5, 0.6) is 5.75 Å². The van der Waals surface area contributed by atoms with Gasteiger partial charge in [0.1, 0.15) is 0 Å². The number of ether oxygens (including phenoxy) is 2. The normalized spacial score (nSPS) is 22.6. The lowest BCUT2D eigenvalue weighted by atomic mass is 9.96. The molecule has 186 valence electrons. The second-order valence-electron chi connectivity index (χ2n) is 9.31. The van der Waals surface area contributed by atoms with Crippen LogP contribution in [0, 0.1) is 5.82 Å². The van der Waals surface area contributed by atoms with E-state index in [1.807, 2.05) is 0 Å². The first-order valence-electron chi connectivity index (χ1n) is 12.1. The van der Waals surface area contributed by atoms with Crippen LogP contribution in [-0.4, -0.2) is 57.9 Å². The van der Waals surface area contributed by atoms with Crippen LogP contribution in [0.25, 0.3) is 0 Å². The standard InChI is InChI=1S/C26H35FN2O4S/c1-19(22-8-10-25(27)26(18-22)32-2)28-24-9-7-23(17-24)21-5-3-20(4-6-21)11-16-34(30,31)29-12-14-33-15-13-29/h3-6,8,10,18-19,23-24,28H,7,9,11-17H2,1-2H3/t19-,23?,24-/m1/s1. The first kappa shape index (κ1) is 25.1. The smallest absolute Gasteiger partial charge is 0.214 e. The van der Waals surface area contributed by atoms with E-state index in [0.29, 0.717) is 44.7 Å². The number of hydrogen-bond acceptors (Lipinski definition) is 5. The Bertz CT molecular complexity index is 1050. The molecule has 1 N–H and O–H groups in total. The summed E-state index contributed by atoms with van der Waals surface area (Å²) in [5, 5.41) is 3.69. The Labute approximate surface area is 202 Å². The Morgan fingerprint density at radius 1 is 1.15 bits per heavy atom. The molecule has 0 spiro atoms. The van der Waals surface area contributed by atoms with Gasteiger partial charge in [0.2, 0.25) is 10.0 Å². The van der Waals surface area contributed by atoms with Crippen molar-refractivity contribution in [2.45, 2.75) is 50.6 Å². The molecule has 1 saturated carbocycles. The van der Waals surface area contributed by atoms with Crippen LogP contribution in [-0.2, 0) is 21.2 Å². The number of nitrogens with one attached hydrogen (secondary N) is 1.